The first-order chi connectivity index (χ1) is 14.3. The molecule has 0 N–H and O–H groups in total. The van der Waals surface area contributed by atoms with Crippen molar-refractivity contribution in [2.75, 3.05) is 13.2 Å². The van der Waals surface area contributed by atoms with Crippen molar-refractivity contribution in [2.45, 2.75) is 64.2 Å². The first-order valence-corrected chi connectivity index (χ1v) is 11.8. The third-order valence-corrected chi connectivity index (χ3v) is 6.82. The number of amides is 1. The minimum absolute atomic E-state index is 0.191. The fourth-order valence-corrected chi connectivity index (χ4v) is 4.95. The van der Waals surface area contributed by atoms with Crippen molar-refractivity contribution in [1.82, 2.24) is 4.90 Å². The van der Waals surface area contributed by atoms with Crippen LogP contribution in [0.15, 0.2) is 41.8 Å². The third kappa shape index (κ3) is 5.83. The van der Waals surface area contributed by atoms with Crippen molar-refractivity contribution in [3.63, 3.8) is 0 Å². The van der Waals surface area contributed by atoms with Crippen LogP contribution in [0.5, 0.6) is 5.75 Å². The Labute approximate surface area is 177 Å². The van der Waals surface area contributed by atoms with Gasteiger partial charge >= 0.3 is 0 Å². The van der Waals surface area contributed by atoms with Gasteiger partial charge in [-0.2, -0.15) is 0 Å². The molecule has 1 saturated carbocycles. The molecule has 1 amide bonds. The lowest BCUT2D eigenvalue weighted by Crippen LogP contribution is -2.41. The van der Waals surface area contributed by atoms with Crippen molar-refractivity contribution in [3.05, 3.63) is 52.2 Å². The molecule has 2 aliphatic rings. The van der Waals surface area contributed by atoms with E-state index in [2.05, 4.69) is 23.6 Å². The van der Waals surface area contributed by atoms with E-state index in [1.807, 2.05) is 23.1 Å². The summed E-state index contributed by atoms with van der Waals surface area (Å²) in [5.41, 5.74) is 1.15. The van der Waals surface area contributed by atoms with Gasteiger partial charge in [-0.15, -0.1) is 11.3 Å². The van der Waals surface area contributed by atoms with Crippen molar-refractivity contribution < 1.29 is 14.3 Å². The Morgan fingerprint density at radius 2 is 1.90 bits per heavy atom. The van der Waals surface area contributed by atoms with Crippen LogP contribution in [0.4, 0.5) is 0 Å². The van der Waals surface area contributed by atoms with Crippen LogP contribution in [-0.4, -0.2) is 30.1 Å². The van der Waals surface area contributed by atoms with Crippen molar-refractivity contribution in [1.29, 1.82) is 0 Å². The maximum absolute atomic E-state index is 13.2. The van der Waals surface area contributed by atoms with E-state index in [1.165, 1.54) is 24.1 Å². The molecule has 4 nitrogen and oxygen atoms in total. The second-order valence-corrected chi connectivity index (χ2v) is 9.23. The normalized spacial score (nSPS) is 19.9. The van der Waals surface area contributed by atoms with Gasteiger partial charge < -0.3 is 14.4 Å². The number of carbonyl (C=O) groups excluding carboxylic acids is 1. The molecule has 0 bridgehead atoms. The Bertz CT molecular complexity index is 747. The summed E-state index contributed by atoms with van der Waals surface area (Å²) in [6.07, 6.45) is 8.06. The summed E-state index contributed by atoms with van der Waals surface area (Å²) in [5.74, 6) is 1.38. The van der Waals surface area contributed by atoms with Crippen LogP contribution in [0.25, 0.3) is 0 Å². The Kier molecular flexibility index (Phi) is 7.23. The van der Waals surface area contributed by atoms with Crippen molar-refractivity contribution in [2.24, 2.45) is 5.92 Å². The van der Waals surface area contributed by atoms with Gasteiger partial charge in [0.05, 0.1) is 6.10 Å². The molecule has 0 spiro atoms. The number of carbonyl (C=O) groups is 1. The molecule has 156 valence electrons. The van der Waals surface area contributed by atoms with E-state index in [1.54, 1.807) is 11.3 Å². The number of benzene rings is 1. The lowest BCUT2D eigenvalue weighted by Gasteiger charge is -2.31. The quantitative estimate of drug-likeness (QED) is 0.580. The number of nitrogens with zero attached hydrogens (tertiary/aromatic N) is 1. The maximum Gasteiger partial charge on any atom is 0.226 e. The maximum atomic E-state index is 13.2. The van der Waals surface area contributed by atoms with Gasteiger partial charge in [0.2, 0.25) is 5.91 Å². The summed E-state index contributed by atoms with van der Waals surface area (Å²) < 4.78 is 11.7. The van der Waals surface area contributed by atoms with E-state index >= 15 is 0 Å². The number of hydrogen-bond acceptors (Lipinski definition) is 4. The van der Waals surface area contributed by atoms with Crippen LogP contribution in [0.2, 0.25) is 0 Å². The van der Waals surface area contributed by atoms with Crippen LogP contribution in [0, 0.1) is 5.92 Å². The smallest absolute Gasteiger partial charge is 0.226 e. The predicted octanol–water partition coefficient (Wildman–Crippen LogP) is 5.42. The molecular weight excluding hydrogens is 382 g/mol. The lowest BCUT2D eigenvalue weighted by molar-refractivity contribution is -0.138. The summed E-state index contributed by atoms with van der Waals surface area (Å²) in [5, 5.41) is 2.06. The summed E-state index contributed by atoms with van der Waals surface area (Å²) in [4.78, 5) is 16.5. The topological polar surface area (TPSA) is 38.8 Å². The highest BCUT2D eigenvalue weighted by Crippen LogP contribution is 2.27. The summed E-state index contributed by atoms with van der Waals surface area (Å²) in [6.45, 7) is 2.79. The number of rotatable bonds is 8. The first kappa shape index (κ1) is 20.4. The zero-order valence-electron chi connectivity index (χ0n) is 17.1. The average molecular weight is 414 g/mol. The minimum Gasteiger partial charge on any atom is -0.488 e. The van der Waals surface area contributed by atoms with Crippen LogP contribution in [0.1, 0.15) is 55.4 Å². The highest BCUT2D eigenvalue weighted by molar-refractivity contribution is 7.09. The number of ether oxygens (including phenoxy) is 2. The van der Waals surface area contributed by atoms with Crippen LogP contribution >= 0.6 is 11.3 Å². The summed E-state index contributed by atoms with van der Waals surface area (Å²) >= 11 is 1.70. The second kappa shape index (κ2) is 10.3. The molecule has 0 unspecified atom stereocenters. The minimum atomic E-state index is 0.191. The predicted molar refractivity (Wildman–Crippen MR) is 116 cm³/mol. The van der Waals surface area contributed by atoms with Crippen LogP contribution in [-0.2, 0) is 22.7 Å². The van der Waals surface area contributed by atoms with E-state index in [0.717, 1.165) is 43.6 Å². The van der Waals surface area contributed by atoms with E-state index in [9.17, 15) is 4.79 Å². The van der Waals surface area contributed by atoms with Gasteiger partial charge in [-0.1, -0.05) is 37.5 Å². The SMILES string of the molecule is O=C(C1CCCCC1)N(Cc1ccc(OCc2cccs2)cc1)C[C@H]1CCCO1. The molecule has 1 aliphatic heterocycles. The molecule has 0 radical (unpaired) electrons. The molecule has 29 heavy (non-hydrogen) atoms. The van der Waals surface area contributed by atoms with Gasteiger partial charge in [-0.05, 0) is 54.8 Å². The van der Waals surface area contributed by atoms with Gasteiger partial charge in [0.1, 0.15) is 12.4 Å². The van der Waals surface area contributed by atoms with Gasteiger partial charge in [0.25, 0.3) is 0 Å². The molecule has 2 aromatic rings. The molecule has 1 atom stereocenters. The van der Waals surface area contributed by atoms with Crippen molar-refractivity contribution in [3.8, 4) is 5.75 Å². The first-order valence-electron chi connectivity index (χ1n) is 10.9. The highest BCUT2D eigenvalue weighted by Gasteiger charge is 2.29. The Morgan fingerprint density at radius 1 is 1.07 bits per heavy atom. The fourth-order valence-electron chi connectivity index (χ4n) is 4.33. The van der Waals surface area contributed by atoms with E-state index in [4.69, 9.17) is 9.47 Å². The number of hydrogen-bond donors (Lipinski definition) is 0. The van der Waals surface area contributed by atoms with E-state index in [0.29, 0.717) is 25.6 Å². The van der Waals surface area contributed by atoms with E-state index < -0.39 is 0 Å². The van der Waals surface area contributed by atoms with E-state index in [-0.39, 0.29) is 12.0 Å². The molecule has 2 fully saturated rings. The monoisotopic (exact) mass is 413 g/mol. The van der Waals surface area contributed by atoms with Gasteiger partial charge in [0.15, 0.2) is 0 Å². The molecule has 1 aromatic heterocycles. The molecule has 1 aliphatic carbocycles. The highest BCUT2D eigenvalue weighted by atomic mass is 32.1. The standard InChI is InChI=1S/C24H31NO3S/c26-24(20-6-2-1-3-7-20)25(17-22-8-4-14-27-22)16-19-10-12-21(13-11-19)28-18-23-9-5-15-29-23/h5,9-13,15,20,22H,1-4,6-8,14,16-18H2/t22-/m1/s1. The lowest BCUT2D eigenvalue weighted by atomic mass is 9.88. The molecule has 5 heteroatoms. The summed E-state index contributed by atoms with van der Waals surface area (Å²) in [6, 6.07) is 12.3. The molecule has 2 heterocycles. The third-order valence-electron chi connectivity index (χ3n) is 5.97. The zero-order chi connectivity index (χ0) is 19.9. The summed E-state index contributed by atoms with van der Waals surface area (Å²) in [7, 11) is 0. The zero-order valence-corrected chi connectivity index (χ0v) is 17.9. The largest absolute Gasteiger partial charge is 0.488 e. The van der Waals surface area contributed by atoms with Gasteiger partial charge in [-0.3, -0.25) is 4.79 Å². The average Bonchev–Trinajstić information content (AvgIpc) is 3.47. The molecule has 1 saturated heterocycles. The Balaban J connectivity index is 1.38. The van der Waals surface area contributed by atoms with Crippen LogP contribution in [0.3, 0.4) is 0 Å². The Hall–Kier alpha value is -1.85. The molecule has 4 rings (SSSR count). The Morgan fingerprint density at radius 3 is 2.59 bits per heavy atom. The van der Waals surface area contributed by atoms with Gasteiger partial charge in [0, 0.05) is 30.5 Å². The van der Waals surface area contributed by atoms with Crippen LogP contribution < -0.4 is 4.74 Å². The molecular formula is C24H31NO3S. The van der Waals surface area contributed by atoms with Crippen molar-refractivity contribution >= 4 is 17.2 Å². The second-order valence-electron chi connectivity index (χ2n) is 8.20. The fraction of sp³-hybridized carbons (Fsp3) is 0.542. The van der Waals surface area contributed by atoms with Gasteiger partial charge in [-0.25, -0.2) is 0 Å². The molecule has 1 aromatic carbocycles. The number of thiophene rings is 1.